The number of benzene rings is 1. The molecule has 0 spiro atoms. The van der Waals surface area contributed by atoms with E-state index in [0.717, 1.165) is 17.7 Å². The SMILES string of the molecule is CCCOc1ccc(C(O)COCCOC)cc1. The normalized spacial score (nSPS) is 12.4. The molecular weight excluding hydrogens is 232 g/mol. The molecule has 1 unspecified atom stereocenters. The van der Waals surface area contributed by atoms with E-state index < -0.39 is 6.10 Å². The molecule has 0 saturated heterocycles. The Labute approximate surface area is 108 Å². The third-order valence-corrected chi connectivity index (χ3v) is 2.45. The van der Waals surface area contributed by atoms with Crippen molar-refractivity contribution in [3.8, 4) is 5.75 Å². The minimum Gasteiger partial charge on any atom is -0.494 e. The van der Waals surface area contributed by atoms with Crippen LogP contribution in [0.1, 0.15) is 25.0 Å². The van der Waals surface area contributed by atoms with Crippen molar-refractivity contribution in [2.24, 2.45) is 0 Å². The summed E-state index contributed by atoms with van der Waals surface area (Å²) in [5, 5.41) is 9.88. The summed E-state index contributed by atoms with van der Waals surface area (Å²) in [6.07, 6.45) is 0.375. The lowest BCUT2D eigenvalue weighted by Gasteiger charge is -2.12. The molecule has 1 atom stereocenters. The predicted octanol–water partition coefficient (Wildman–Crippen LogP) is 2.17. The van der Waals surface area contributed by atoms with Crippen LogP contribution in [0.4, 0.5) is 0 Å². The molecule has 4 nitrogen and oxygen atoms in total. The lowest BCUT2D eigenvalue weighted by molar-refractivity contribution is 0.0126. The van der Waals surface area contributed by atoms with Gasteiger partial charge in [-0.05, 0) is 24.1 Å². The zero-order valence-electron chi connectivity index (χ0n) is 11.1. The van der Waals surface area contributed by atoms with Crippen molar-refractivity contribution in [3.63, 3.8) is 0 Å². The Hall–Kier alpha value is -1.10. The molecule has 0 bridgehead atoms. The van der Waals surface area contributed by atoms with Crippen LogP contribution >= 0.6 is 0 Å². The highest BCUT2D eigenvalue weighted by molar-refractivity contribution is 5.28. The molecule has 0 radical (unpaired) electrons. The van der Waals surface area contributed by atoms with Crippen molar-refractivity contribution in [2.45, 2.75) is 19.4 Å². The standard InChI is InChI=1S/C14H22O4/c1-3-8-18-13-6-4-12(5-7-13)14(15)11-17-10-9-16-2/h4-7,14-15H,3,8-11H2,1-2H3. The van der Waals surface area contributed by atoms with Gasteiger partial charge in [0.2, 0.25) is 0 Å². The number of ether oxygens (including phenoxy) is 3. The summed E-state index contributed by atoms with van der Waals surface area (Å²) in [5.41, 5.74) is 0.830. The second-order valence-corrected chi connectivity index (χ2v) is 4.00. The summed E-state index contributed by atoms with van der Waals surface area (Å²) in [6.45, 7) is 4.08. The van der Waals surface area contributed by atoms with Crippen molar-refractivity contribution in [2.75, 3.05) is 33.5 Å². The molecule has 18 heavy (non-hydrogen) atoms. The van der Waals surface area contributed by atoms with Gasteiger partial charge >= 0.3 is 0 Å². The lowest BCUT2D eigenvalue weighted by Crippen LogP contribution is -2.10. The summed E-state index contributed by atoms with van der Waals surface area (Å²) in [4.78, 5) is 0. The van der Waals surface area contributed by atoms with E-state index in [-0.39, 0.29) is 6.61 Å². The third kappa shape index (κ3) is 5.49. The number of aliphatic hydroxyl groups is 1. The maximum atomic E-state index is 9.88. The number of hydrogen-bond acceptors (Lipinski definition) is 4. The maximum absolute atomic E-state index is 9.88. The first-order valence-corrected chi connectivity index (χ1v) is 6.25. The Kier molecular flexibility index (Phi) is 7.41. The first kappa shape index (κ1) is 15.0. The van der Waals surface area contributed by atoms with Crippen LogP contribution in [0.25, 0.3) is 0 Å². The highest BCUT2D eigenvalue weighted by Gasteiger charge is 2.07. The van der Waals surface area contributed by atoms with Crippen LogP contribution in [-0.2, 0) is 9.47 Å². The largest absolute Gasteiger partial charge is 0.494 e. The van der Waals surface area contributed by atoms with Gasteiger partial charge in [0.05, 0.1) is 26.4 Å². The summed E-state index contributed by atoms with van der Waals surface area (Å²) < 4.78 is 15.6. The minimum absolute atomic E-state index is 0.276. The van der Waals surface area contributed by atoms with Gasteiger partial charge in [0.15, 0.2) is 0 Å². The van der Waals surface area contributed by atoms with Crippen LogP contribution in [0.3, 0.4) is 0 Å². The predicted molar refractivity (Wildman–Crippen MR) is 69.9 cm³/mol. The van der Waals surface area contributed by atoms with Crippen molar-refractivity contribution in [3.05, 3.63) is 29.8 Å². The Morgan fingerprint density at radius 2 is 1.83 bits per heavy atom. The van der Waals surface area contributed by atoms with Gasteiger partial charge in [-0.25, -0.2) is 0 Å². The monoisotopic (exact) mass is 254 g/mol. The molecule has 1 aromatic carbocycles. The molecule has 0 heterocycles. The van der Waals surface area contributed by atoms with Gasteiger partial charge in [-0.1, -0.05) is 19.1 Å². The van der Waals surface area contributed by atoms with E-state index in [1.54, 1.807) is 7.11 Å². The zero-order valence-corrected chi connectivity index (χ0v) is 11.1. The molecule has 4 heteroatoms. The molecule has 0 fully saturated rings. The molecule has 0 aliphatic carbocycles. The number of hydrogen-bond donors (Lipinski definition) is 1. The number of rotatable bonds is 9. The molecule has 1 N–H and O–H groups in total. The van der Waals surface area contributed by atoms with Gasteiger partial charge in [-0.3, -0.25) is 0 Å². The molecule has 0 aliphatic rings. The maximum Gasteiger partial charge on any atom is 0.119 e. The first-order chi connectivity index (χ1) is 8.77. The fourth-order valence-corrected chi connectivity index (χ4v) is 1.44. The fourth-order valence-electron chi connectivity index (χ4n) is 1.44. The van der Waals surface area contributed by atoms with Gasteiger partial charge in [0.25, 0.3) is 0 Å². The summed E-state index contributed by atoms with van der Waals surface area (Å²) in [7, 11) is 1.62. The van der Waals surface area contributed by atoms with Crippen molar-refractivity contribution >= 4 is 0 Å². The summed E-state index contributed by atoms with van der Waals surface area (Å²) in [6, 6.07) is 7.44. The van der Waals surface area contributed by atoms with Crippen LogP contribution in [0.15, 0.2) is 24.3 Å². The first-order valence-electron chi connectivity index (χ1n) is 6.25. The second kappa shape index (κ2) is 8.91. The van der Waals surface area contributed by atoms with Crippen molar-refractivity contribution in [1.82, 2.24) is 0 Å². The number of methoxy groups -OCH3 is 1. The smallest absolute Gasteiger partial charge is 0.119 e. The Bertz CT molecular complexity index is 310. The van der Waals surface area contributed by atoms with E-state index in [4.69, 9.17) is 14.2 Å². The topological polar surface area (TPSA) is 47.9 Å². The zero-order chi connectivity index (χ0) is 13.2. The molecule has 102 valence electrons. The Morgan fingerprint density at radius 3 is 2.44 bits per heavy atom. The average Bonchev–Trinajstić information content (AvgIpc) is 2.41. The molecule has 0 amide bonds. The molecule has 0 aromatic heterocycles. The summed E-state index contributed by atoms with van der Waals surface area (Å²) >= 11 is 0. The van der Waals surface area contributed by atoms with Crippen LogP contribution in [0, 0.1) is 0 Å². The van der Waals surface area contributed by atoms with E-state index in [9.17, 15) is 5.11 Å². The van der Waals surface area contributed by atoms with E-state index in [1.807, 2.05) is 24.3 Å². The minimum atomic E-state index is -0.609. The van der Waals surface area contributed by atoms with Crippen LogP contribution in [0.2, 0.25) is 0 Å². The van der Waals surface area contributed by atoms with E-state index in [0.29, 0.717) is 19.8 Å². The highest BCUT2D eigenvalue weighted by atomic mass is 16.5. The van der Waals surface area contributed by atoms with Gasteiger partial charge in [0, 0.05) is 7.11 Å². The van der Waals surface area contributed by atoms with E-state index in [1.165, 1.54) is 0 Å². The quantitative estimate of drug-likeness (QED) is 0.686. The lowest BCUT2D eigenvalue weighted by atomic mass is 10.1. The van der Waals surface area contributed by atoms with Crippen LogP contribution in [-0.4, -0.2) is 38.6 Å². The summed E-state index contributed by atoms with van der Waals surface area (Å²) in [5.74, 6) is 0.827. The Balaban J connectivity index is 2.36. The second-order valence-electron chi connectivity index (χ2n) is 4.00. The van der Waals surface area contributed by atoms with E-state index >= 15 is 0 Å². The van der Waals surface area contributed by atoms with E-state index in [2.05, 4.69) is 6.92 Å². The number of aliphatic hydroxyl groups excluding tert-OH is 1. The molecule has 0 saturated carbocycles. The van der Waals surface area contributed by atoms with Crippen LogP contribution in [0.5, 0.6) is 5.75 Å². The highest BCUT2D eigenvalue weighted by Crippen LogP contribution is 2.18. The fraction of sp³-hybridized carbons (Fsp3) is 0.571. The average molecular weight is 254 g/mol. The molecule has 0 aliphatic heterocycles. The van der Waals surface area contributed by atoms with Crippen molar-refractivity contribution < 1.29 is 19.3 Å². The van der Waals surface area contributed by atoms with Gasteiger partial charge in [-0.2, -0.15) is 0 Å². The molecular formula is C14H22O4. The van der Waals surface area contributed by atoms with Gasteiger partial charge in [-0.15, -0.1) is 0 Å². The molecule has 1 rings (SSSR count). The van der Waals surface area contributed by atoms with Crippen molar-refractivity contribution in [1.29, 1.82) is 0 Å². The van der Waals surface area contributed by atoms with Crippen LogP contribution < -0.4 is 4.74 Å². The Morgan fingerprint density at radius 1 is 1.11 bits per heavy atom. The molecule has 1 aromatic rings. The third-order valence-electron chi connectivity index (χ3n) is 2.45. The van der Waals surface area contributed by atoms with Gasteiger partial charge < -0.3 is 19.3 Å². The van der Waals surface area contributed by atoms with Gasteiger partial charge in [0.1, 0.15) is 11.9 Å².